The molecule has 0 spiro atoms. The molecule has 2 aliphatic heterocycles. The number of piperazine rings is 1. The Morgan fingerprint density at radius 2 is 1.93 bits per heavy atom. The third-order valence-electron chi connectivity index (χ3n) is 5.54. The maximum Gasteiger partial charge on any atom is 0.224 e. The van der Waals surface area contributed by atoms with Crippen LogP contribution in [0.2, 0.25) is 0 Å². The second-order valence-corrected chi connectivity index (χ2v) is 7.90. The molecule has 9 nitrogen and oxygen atoms in total. The van der Waals surface area contributed by atoms with Crippen molar-refractivity contribution in [3.05, 3.63) is 30.1 Å². The van der Waals surface area contributed by atoms with Crippen molar-refractivity contribution < 1.29 is 0 Å². The average molecular weight is 386 g/mol. The van der Waals surface area contributed by atoms with E-state index in [0.717, 1.165) is 57.7 Å². The lowest BCUT2D eigenvalue weighted by Crippen LogP contribution is -2.62. The molecule has 0 radical (unpaired) electrons. The minimum absolute atomic E-state index is 0.357. The predicted molar refractivity (Wildman–Crippen MR) is 111 cm³/mol. The number of guanidine groups is 2. The minimum atomic E-state index is -0.779. The van der Waals surface area contributed by atoms with E-state index in [2.05, 4.69) is 47.8 Å². The average Bonchev–Trinajstić information content (AvgIpc) is 3.55. The van der Waals surface area contributed by atoms with Crippen molar-refractivity contribution in [3.63, 3.8) is 0 Å². The van der Waals surface area contributed by atoms with Gasteiger partial charge in [-0.1, -0.05) is 0 Å². The fourth-order valence-corrected chi connectivity index (χ4v) is 3.51. The van der Waals surface area contributed by atoms with Gasteiger partial charge in [-0.3, -0.25) is 15.6 Å². The fraction of sp³-hybridized carbons (Fsp3) is 0.632. The van der Waals surface area contributed by atoms with Gasteiger partial charge in [0.1, 0.15) is 0 Å². The van der Waals surface area contributed by atoms with Crippen molar-refractivity contribution in [1.29, 1.82) is 0 Å². The van der Waals surface area contributed by atoms with E-state index < -0.39 is 5.79 Å². The summed E-state index contributed by atoms with van der Waals surface area (Å²) in [6.07, 6.45) is 5.77. The number of aliphatic imine (C=N–C) groups is 2. The highest BCUT2D eigenvalue weighted by Gasteiger charge is 2.45. The summed E-state index contributed by atoms with van der Waals surface area (Å²) >= 11 is 0. The SMILES string of the molecule is CN1CCN(CCNC2=NC(N)(C3CC3)NC(NCc3ccncc3)=N2)CC1. The number of hydrogen-bond acceptors (Lipinski definition) is 9. The van der Waals surface area contributed by atoms with E-state index in [1.807, 2.05) is 12.1 Å². The van der Waals surface area contributed by atoms with E-state index in [1.54, 1.807) is 12.4 Å². The van der Waals surface area contributed by atoms with Crippen LogP contribution in [-0.2, 0) is 6.54 Å². The van der Waals surface area contributed by atoms with Crippen LogP contribution in [0.1, 0.15) is 18.4 Å². The Kier molecular flexibility index (Phi) is 5.74. The van der Waals surface area contributed by atoms with Gasteiger partial charge in [0.2, 0.25) is 11.9 Å². The fourth-order valence-electron chi connectivity index (χ4n) is 3.51. The highest BCUT2D eigenvalue weighted by molar-refractivity contribution is 5.97. The Morgan fingerprint density at radius 1 is 1.18 bits per heavy atom. The Labute approximate surface area is 166 Å². The van der Waals surface area contributed by atoms with Crippen molar-refractivity contribution in [3.8, 4) is 0 Å². The van der Waals surface area contributed by atoms with Gasteiger partial charge in [0, 0.05) is 64.1 Å². The van der Waals surface area contributed by atoms with E-state index in [9.17, 15) is 0 Å². The summed E-state index contributed by atoms with van der Waals surface area (Å²) in [7, 11) is 2.17. The zero-order chi connectivity index (χ0) is 19.4. The Hall–Kier alpha value is -2.23. The van der Waals surface area contributed by atoms with Crippen molar-refractivity contribution in [2.45, 2.75) is 25.2 Å². The van der Waals surface area contributed by atoms with Gasteiger partial charge in [-0.15, -0.1) is 0 Å². The lowest BCUT2D eigenvalue weighted by molar-refractivity contribution is 0.156. The second-order valence-electron chi connectivity index (χ2n) is 7.90. The van der Waals surface area contributed by atoms with Crippen molar-refractivity contribution >= 4 is 11.9 Å². The summed E-state index contributed by atoms with van der Waals surface area (Å²) in [6.45, 7) is 6.91. The molecule has 4 rings (SSSR count). The normalized spacial score (nSPS) is 26.2. The number of nitrogens with zero attached hydrogens (tertiary/aromatic N) is 5. The van der Waals surface area contributed by atoms with Crippen molar-refractivity contribution in [2.75, 3.05) is 46.3 Å². The quantitative estimate of drug-likeness (QED) is 0.515. The van der Waals surface area contributed by atoms with Crippen LogP contribution in [0.25, 0.3) is 0 Å². The van der Waals surface area contributed by atoms with Gasteiger partial charge in [0.05, 0.1) is 0 Å². The topological polar surface area (TPSA) is 106 Å². The Morgan fingerprint density at radius 3 is 2.64 bits per heavy atom. The lowest BCUT2D eigenvalue weighted by Gasteiger charge is -2.33. The summed E-state index contributed by atoms with van der Waals surface area (Å²) in [5.74, 6) is 0.858. The highest BCUT2D eigenvalue weighted by Crippen LogP contribution is 2.38. The van der Waals surface area contributed by atoms with Gasteiger partial charge >= 0.3 is 0 Å². The molecule has 1 unspecified atom stereocenters. The zero-order valence-corrected chi connectivity index (χ0v) is 16.6. The van der Waals surface area contributed by atoms with Crippen LogP contribution in [-0.4, -0.2) is 78.8 Å². The smallest absolute Gasteiger partial charge is 0.224 e. The molecule has 3 aliphatic rings. The number of pyridine rings is 1. The van der Waals surface area contributed by atoms with E-state index in [4.69, 9.17) is 5.73 Å². The first-order valence-electron chi connectivity index (χ1n) is 10.1. The molecular weight excluding hydrogens is 354 g/mol. The van der Waals surface area contributed by atoms with Gasteiger partial charge in [-0.25, -0.2) is 4.99 Å². The van der Waals surface area contributed by atoms with E-state index in [0.29, 0.717) is 24.4 Å². The summed E-state index contributed by atoms with van der Waals surface area (Å²) in [4.78, 5) is 18.2. The molecular formula is C19H31N9. The first-order chi connectivity index (χ1) is 13.6. The maximum atomic E-state index is 6.56. The molecule has 0 amide bonds. The largest absolute Gasteiger partial charge is 0.353 e. The molecule has 9 heteroatoms. The summed E-state index contributed by atoms with van der Waals surface area (Å²) in [6, 6.07) is 3.96. The number of rotatable bonds is 6. The van der Waals surface area contributed by atoms with E-state index in [1.165, 1.54) is 0 Å². The first-order valence-corrected chi connectivity index (χ1v) is 10.1. The third kappa shape index (κ3) is 4.98. The van der Waals surface area contributed by atoms with Gasteiger partial charge in [0.15, 0.2) is 5.79 Å². The number of nitrogens with one attached hydrogen (secondary N) is 3. The molecule has 0 aromatic carbocycles. The number of nitrogens with two attached hydrogens (primary N) is 1. The lowest BCUT2D eigenvalue weighted by atomic mass is 10.2. The van der Waals surface area contributed by atoms with Crippen LogP contribution < -0.4 is 21.7 Å². The van der Waals surface area contributed by atoms with Crippen LogP contribution in [0.3, 0.4) is 0 Å². The molecule has 3 heterocycles. The molecule has 2 fully saturated rings. The molecule has 0 bridgehead atoms. The van der Waals surface area contributed by atoms with Crippen LogP contribution in [0.5, 0.6) is 0 Å². The Bertz CT molecular complexity index is 707. The molecule has 1 aliphatic carbocycles. The summed E-state index contributed by atoms with van der Waals surface area (Å²) < 4.78 is 0. The van der Waals surface area contributed by atoms with Gasteiger partial charge < -0.3 is 20.9 Å². The van der Waals surface area contributed by atoms with Crippen molar-refractivity contribution in [1.82, 2.24) is 30.7 Å². The standard InChI is InChI=1S/C19H31N9/c1-27-10-12-28(13-11-27)9-8-22-17-24-18(23-14-15-4-6-21-7-5-15)26-19(20,25-17)16-2-3-16/h4-7,16H,2-3,8-14,20H2,1H3,(H3,22,23,24,25,26). The third-order valence-corrected chi connectivity index (χ3v) is 5.54. The highest BCUT2D eigenvalue weighted by atomic mass is 15.4. The number of aromatic nitrogens is 1. The molecule has 1 atom stereocenters. The molecule has 1 saturated carbocycles. The summed E-state index contributed by atoms with van der Waals surface area (Å²) in [5.41, 5.74) is 7.70. The van der Waals surface area contributed by atoms with Crippen LogP contribution in [0.4, 0.5) is 0 Å². The zero-order valence-electron chi connectivity index (χ0n) is 16.6. The van der Waals surface area contributed by atoms with E-state index in [-0.39, 0.29) is 0 Å². The van der Waals surface area contributed by atoms with Crippen molar-refractivity contribution in [2.24, 2.45) is 21.6 Å². The van der Waals surface area contributed by atoms with Gasteiger partial charge in [-0.05, 0) is 37.6 Å². The predicted octanol–water partition coefficient (Wildman–Crippen LogP) is -0.654. The molecule has 5 N–H and O–H groups in total. The number of hydrogen-bond donors (Lipinski definition) is 4. The van der Waals surface area contributed by atoms with Gasteiger partial charge in [0.25, 0.3) is 0 Å². The Balaban J connectivity index is 1.34. The molecule has 1 saturated heterocycles. The summed E-state index contributed by atoms with van der Waals surface area (Å²) in [5, 5.41) is 10.0. The number of likely N-dealkylation sites (N-methyl/N-ethyl adjacent to an activating group) is 1. The van der Waals surface area contributed by atoms with Gasteiger partial charge in [-0.2, -0.15) is 4.99 Å². The van der Waals surface area contributed by atoms with E-state index >= 15 is 0 Å². The molecule has 1 aromatic rings. The van der Waals surface area contributed by atoms with Crippen LogP contribution >= 0.6 is 0 Å². The first kappa shape index (κ1) is 19.1. The molecule has 1 aromatic heterocycles. The monoisotopic (exact) mass is 385 g/mol. The van der Waals surface area contributed by atoms with Crippen LogP contribution in [0.15, 0.2) is 34.5 Å². The minimum Gasteiger partial charge on any atom is -0.353 e. The second kappa shape index (κ2) is 8.42. The molecule has 152 valence electrons. The maximum absolute atomic E-state index is 6.56. The molecule has 28 heavy (non-hydrogen) atoms. The van der Waals surface area contributed by atoms with Crippen LogP contribution in [0, 0.1) is 5.92 Å².